The Kier molecular flexibility index (Phi) is 5.60. The molecule has 1 aliphatic heterocycles. The van der Waals surface area contributed by atoms with Crippen molar-refractivity contribution in [1.29, 1.82) is 0 Å². The number of esters is 1. The van der Waals surface area contributed by atoms with Gasteiger partial charge in [-0.25, -0.2) is 9.97 Å². The molecule has 25 heavy (non-hydrogen) atoms. The number of rotatable bonds is 5. The van der Waals surface area contributed by atoms with E-state index in [2.05, 4.69) is 15.3 Å². The Morgan fingerprint density at radius 1 is 1.44 bits per heavy atom. The van der Waals surface area contributed by atoms with Crippen molar-refractivity contribution in [2.45, 2.75) is 19.8 Å². The molecule has 1 saturated heterocycles. The lowest BCUT2D eigenvalue weighted by molar-refractivity contribution is -0.149. The van der Waals surface area contributed by atoms with Gasteiger partial charge in [-0.3, -0.25) is 9.59 Å². The van der Waals surface area contributed by atoms with Crippen LogP contribution in [0.5, 0.6) is 0 Å². The summed E-state index contributed by atoms with van der Waals surface area (Å²) in [6.07, 6.45) is 3.23. The fraction of sp³-hybridized carbons (Fsp3) is 0.412. The molecule has 0 spiro atoms. The molecule has 1 atom stereocenters. The number of carbonyl (C=O) groups excluding carboxylic acids is 2. The summed E-state index contributed by atoms with van der Waals surface area (Å²) >= 11 is 1.35. The highest BCUT2D eigenvalue weighted by Crippen LogP contribution is 2.23. The highest BCUT2D eigenvalue weighted by molar-refractivity contribution is 7.14. The molecule has 0 radical (unpaired) electrons. The van der Waals surface area contributed by atoms with Crippen molar-refractivity contribution in [2.75, 3.05) is 25.0 Å². The third-order valence-corrected chi connectivity index (χ3v) is 4.71. The van der Waals surface area contributed by atoms with Gasteiger partial charge in [0.15, 0.2) is 5.13 Å². The molecule has 0 bridgehead atoms. The molecule has 2 aromatic heterocycles. The van der Waals surface area contributed by atoms with E-state index in [0.717, 1.165) is 12.8 Å². The average Bonchev–Trinajstić information content (AvgIpc) is 3.11. The molecule has 7 nitrogen and oxygen atoms in total. The van der Waals surface area contributed by atoms with Gasteiger partial charge in [-0.15, -0.1) is 11.3 Å². The minimum atomic E-state index is -0.248. The topological polar surface area (TPSA) is 84.4 Å². The second-order valence-corrected chi connectivity index (χ2v) is 6.58. The zero-order chi connectivity index (χ0) is 17.6. The van der Waals surface area contributed by atoms with Gasteiger partial charge in [-0.05, 0) is 31.9 Å². The van der Waals surface area contributed by atoms with Crippen molar-refractivity contribution < 1.29 is 14.3 Å². The number of anilines is 2. The minimum absolute atomic E-state index is 0.153. The number of nitrogens with zero attached hydrogens (tertiary/aromatic N) is 3. The largest absolute Gasteiger partial charge is 0.466 e. The number of hydrogen-bond donors (Lipinski definition) is 1. The summed E-state index contributed by atoms with van der Waals surface area (Å²) in [5.74, 6) is 0.0497. The molecule has 1 fully saturated rings. The number of aromatic nitrogens is 2. The lowest BCUT2D eigenvalue weighted by Crippen LogP contribution is -2.42. The Labute approximate surface area is 150 Å². The lowest BCUT2D eigenvalue weighted by atomic mass is 9.98. The van der Waals surface area contributed by atoms with Gasteiger partial charge in [0, 0.05) is 24.7 Å². The molecule has 0 saturated carbocycles. The fourth-order valence-electron chi connectivity index (χ4n) is 2.75. The number of carbonyl (C=O) groups is 2. The highest BCUT2D eigenvalue weighted by Gasteiger charge is 2.30. The second kappa shape index (κ2) is 8.06. The molecule has 0 aromatic carbocycles. The van der Waals surface area contributed by atoms with E-state index in [1.165, 1.54) is 11.3 Å². The van der Waals surface area contributed by atoms with E-state index in [1.54, 1.807) is 23.4 Å². The number of amides is 1. The fourth-order valence-corrected chi connectivity index (χ4v) is 3.44. The monoisotopic (exact) mass is 360 g/mol. The second-order valence-electron chi connectivity index (χ2n) is 5.72. The molecule has 0 unspecified atom stereocenters. The summed E-state index contributed by atoms with van der Waals surface area (Å²) in [5.41, 5.74) is 0.382. The Bertz CT molecular complexity index is 735. The maximum atomic E-state index is 12.7. The van der Waals surface area contributed by atoms with Gasteiger partial charge in [0.25, 0.3) is 5.91 Å². The predicted octanol–water partition coefficient (Wildman–Crippen LogP) is 2.70. The molecule has 3 rings (SSSR count). The summed E-state index contributed by atoms with van der Waals surface area (Å²) in [6, 6.07) is 5.54. The van der Waals surface area contributed by atoms with Crippen molar-refractivity contribution in [3.05, 3.63) is 35.5 Å². The maximum absolute atomic E-state index is 12.7. The van der Waals surface area contributed by atoms with Crippen molar-refractivity contribution >= 4 is 34.2 Å². The van der Waals surface area contributed by atoms with E-state index in [-0.39, 0.29) is 17.8 Å². The zero-order valence-electron chi connectivity index (χ0n) is 14.0. The minimum Gasteiger partial charge on any atom is -0.466 e. The Morgan fingerprint density at radius 3 is 3.08 bits per heavy atom. The van der Waals surface area contributed by atoms with Crippen LogP contribution in [0.25, 0.3) is 0 Å². The number of thiazole rings is 1. The normalized spacial score (nSPS) is 17.2. The summed E-state index contributed by atoms with van der Waals surface area (Å²) in [7, 11) is 0. The average molecular weight is 360 g/mol. The molecule has 1 aliphatic rings. The highest BCUT2D eigenvalue weighted by atomic mass is 32.1. The summed E-state index contributed by atoms with van der Waals surface area (Å²) in [6.45, 7) is 3.17. The van der Waals surface area contributed by atoms with Crippen LogP contribution < -0.4 is 5.32 Å². The van der Waals surface area contributed by atoms with E-state index in [0.29, 0.717) is 36.3 Å². The van der Waals surface area contributed by atoms with Crippen LogP contribution in [0.2, 0.25) is 0 Å². The first-order chi connectivity index (χ1) is 12.2. The van der Waals surface area contributed by atoms with E-state index >= 15 is 0 Å². The molecule has 1 amide bonds. The van der Waals surface area contributed by atoms with Crippen LogP contribution in [0.1, 0.15) is 30.3 Å². The third-order valence-electron chi connectivity index (χ3n) is 3.95. The van der Waals surface area contributed by atoms with Crippen LogP contribution >= 0.6 is 11.3 Å². The molecule has 132 valence electrons. The summed E-state index contributed by atoms with van der Waals surface area (Å²) < 4.78 is 5.08. The summed E-state index contributed by atoms with van der Waals surface area (Å²) in [5, 5.41) is 5.41. The van der Waals surface area contributed by atoms with Crippen molar-refractivity contribution in [2.24, 2.45) is 5.92 Å². The van der Waals surface area contributed by atoms with Gasteiger partial charge in [0.05, 0.1) is 12.5 Å². The van der Waals surface area contributed by atoms with Crippen molar-refractivity contribution in [3.8, 4) is 0 Å². The number of likely N-dealkylation sites (tertiary alicyclic amines) is 1. The number of nitrogens with one attached hydrogen (secondary N) is 1. The van der Waals surface area contributed by atoms with E-state index < -0.39 is 0 Å². The Morgan fingerprint density at radius 2 is 2.32 bits per heavy atom. The van der Waals surface area contributed by atoms with Crippen LogP contribution in [-0.2, 0) is 9.53 Å². The van der Waals surface area contributed by atoms with E-state index in [9.17, 15) is 9.59 Å². The SMILES string of the molecule is CCOC(=O)[C@H]1CCCN(C(=O)c2csc(Nc3ccccn3)n2)C1. The quantitative estimate of drug-likeness (QED) is 0.825. The van der Waals surface area contributed by atoms with Gasteiger partial charge in [0.2, 0.25) is 0 Å². The molecular formula is C17H20N4O3S. The summed E-state index contributed by atoms with van der Waals surface area (Å²) in [4.78, 5) is 34.8. The number of ether oxygens (including phenoxy) is 1. The van der Waals surface area contributed by atoms with Gasteiger partial charge < -0.3 is 15.0 Å². The van der Waals surface area contributed by atoms with Gasteiger partial charge in [0.1, 0.15) is 11.5 Å². The van der Waals surface area contributed by atoms with Crippen LogP contribution in [-0.4, -0.2) is 46.4 Å². The van der Waals surface area contributed by atoms with Crippen molar-refractivity contribution in [3.63, 3.8) is 0 Å². The first-order valence-electron chi connectivity index (χ1n) is 8.27. The molecular weight excluding hydrogens is 340 g/mol. The first kappa shape index (κ1) is 17.3. The number of piperidine rings is 1. The third kappa shape index (κ3) is 4.33. The Balaban J connectivity index is 1.64. The number of pyridine rings is 1. The van der Waals surface area contributed by atoms with Crippen LogP contribution in [0.4, 0.5) is 10.9 Å². The van der Waals surface area contributed by atoms with Crippen LogP contribution in [0.15, 0.2) is 29.8 Å². The van der Waals surface area contributed by atoms with Gasteiger partial charge in [-0.2, -0.15) is 0 Å². The molecule has 2 aromatic rings. The maximum Gasteiger partial charge on any atom is 0.310 e. The Hall–Kier alpha value is -2.48. The molecule has 1 N–H and O–H groups in total. The molecule has 3 heterocycles. The van der Waals surface area contributed by atoms with Crippen LogP contribution in [0.3, 0.4) is 0 Å². The van der Waals surface area contributed by atoms with Gasteiger partial charge >= 0.3 is 5.97 Å². The zero-order valence-corrected chi connectivity index (χ0v) is 14.8. The first-order valence-corrected chi connectivity index (χ1v) is 9.15. The predicted molar refractivity (Wildman–Crippen MR) is 94.9 cm³/mol. The molecule has 0 aliphatic carbocycles. The van der Waals surface area contributed by atoms with Crippen LogP contribution in [0, 0.1) is 5.92 Å². The smallest absolute Gasteiger partial charge is 0.310 e. The lowest BCUT2D eigenvalue weighted by Gasteiger charge is -2.31. The van der Waals surface area contributed by atoms with Gasteiger partial charge in [-0.1, -0.05) is 6.07 Å². The van der Waals surface area contributed by atoms with E-state index in [4.69, 9.17) is 4.74 Å². The molecule has 8 heteroatoms. The van der Waals surface area contributed by atoms with E-state index in [1.807, 2.05) is 18.2 Å². The standard InChI is InChI=1S/C17H20N4O3S/c1-2-24-16(23)12-6-5-9-21(10-12)15(22)13-11-25-17(19-13)20-14-7-3-4-8-18-14/h3-4,7-8,11-12H,2,5-6,9-10H2,1H3,(H,18,19,20)/t12-/m0/s1. The number of hydrogen-bond acceptors (Lipinski definition) is 7. The van der Waals surface area contributed by atoms with Crippen molar-refractivity contribution in [1.82, 2.24) is 14.9 Å².